The lowest BCUT2D eigenvalue weighted by Crippen LogP contribution is -2.48. The number of carboxylic acid groups (broad SMARTS) is 1. The van der Waals surface area contributed by atoms with Crippen LogP contribution in [0.2, 0.25) is 0 Å². The first-order valence-corrected chi connectivity index (χ1v) is 7.77. The molecule has 19 heavy (non-hydrogen) atoms. The van der Waals surface area contributed by atoms with Crippen molar-refractivity contribution in [2.24, 2.45) is 5.41 Å². The molecule has 1 aliphatic heterocycles. The largest absolute Gasteiger partial charge is 0.481 e. The van der Waals surface area contributed by atoms with Crippen molar-refractivity contribution in [3.8, 4) is 0 Å². The maximum Gasteiger partial charge on any atom is 0.311 e. The molecule has 0 aliphatic carbocycles. The van der Waals surface area contributed by atoms with E-state index in [1.807, 2.05) is 12.1 Å². The maximum atomic E-state index is 12.2. The predicted molar refractivity (Wildman–Crippen MR) is 77.3 cm³/mol. The van der Waals surface area contributed by atoms with Gasteiger partial charge in [-0.1, -0.05) is 0 Å². The molecule has 104 valence electrons. The Labute approximate surface area is 124 Å². The van der Waals surface area contributed by atoms with E-state index in [9.17, 15) is 14.7 Å². The van der Waals surface area contributed by atoms with Crippen molar-refractivity contribution >= 4 is 39.1 Å². The van der Waals surface area contributed by atoms with E-state index >= 15 is 0 Å². The third kappa shape index (κ3) is 3.36. The van der Waals surface area contributed by atoms with E-state index < -0.39 is 11.4 Å². The fourth-order valence-electron chi connectivity index (χ4n) is 2.33. The van der Waals surface area contributed by atoms with Gasteiger partial charge in [-0.15, -0.1) is 11.3 Å². The number of thiophene rings is 1. The molecule has 1 N–H and O–H groups in total. The van der Waals surface area contributed by atoms with E-state index in [0.717, 1.165) is 15.1 Å². The number of likely N-dealkylation sites (tertiary alicyclic amines) is 1. The van der Waals surface area contributed by atoms with Crippen LogP contribution in [0.1, 0.15) is 24.6 Å². The number of rotatable bonds is 3. The van der Waals surface area contributed by atoms with Crippen LogP contribution in [0.4, 0.5) is 0 Å². The molecule has 1 aromatic heterocycles. The molecule has 2 rings (SSSR count). The number of aliphatic carboxylic acids is 1. The van der Waals surface area contributed by atoms with Crippen LogP contribution in [0, 0.1) is 5.41 Å². The highest BCUT2D eigenvalue weighted by Crippen LogP contribution is 2.30. The topological polar surface area (TPSA) is 57.6 Å². The summed E-state index contributed by atoms with van der Waals surface area (Å²) in [6, 6.07) is 3.85. The Hall–Kier alpha value is -0.880. The number of hydrogen-bond donors (Lipinski definition) is 1. The molecule has 1 aliphatic rings. The summed E-state index contributed by atoms with van der Waals surface area (Å²) in [6.45, 7) is 2.69. The van der Waals surface area contributed by atoms with Gasteiger partial charge in [0.2, 0.25) is 5.91 Å². The van der Waals surface area contributed by atoms with Crippen molar-refractivity contribution in [2.45, 2.75) is 26.2 Å². The van der Waals surface area contributed by atoms with Gasteiger partial charge in [0.15, 0.2) is 0 Å². The summed E-state index contributed by atoms with van der Waals surface area (Å²) in [5, 5.41) is 9.25. The molecule has 0 radical (unpaired) electrons. The number of carbonyl (C=O) groups excluding carboxylic acids is 1. The molecule has 0 aromatic carbocycles. The van der Waals surface area contributed by atoms with E-state index in [-0.39, 0.29) is 5.91 Å². The molecule has 2 heterocycles. The van der Waals surface area contributed by atoms with E-state index in [1.165, 1.54) is 11.3 Å². The van der Waals surface area contributed by atoms with Crippen molar-refractivity contribution < 1.29 is 14.7 Å². The van der Waals surface area contributed by atoms with Gasteiger partial charge in [-0.2, -0.15) is 0 Å². The minimum absolute atomic E-state index is 0.0153. The number of piperidine rings is 1. The zero-order valence-corrected chi connectivity index (χ0v) is 13.1. The summed E-state index contributed by atoms with van der Waals surface area (Å²) in [5.41, 5.74) is -0.802. The second-order valence-corrected chi connectivity index (χ2v) is 7.71. The van der Waals surface area contributed by atoms with Crippen LogP contribution in [-0.2, 0) is 16.0 Å². The fourth-order valence-corrected chi connectivity index (χ4v) is 3.81. The Morgan fingerprint density at radius 2 is 2.26 bits per heavy atom. The van der Waals surface area contributed by atoms with Crippen LogP contribution >= 0.6 is 27.3 Å². The third-order valence-electron chi connectivity index (χ3n) is 3.52. The molecular formula is C13H16BrNO3S. The average molecular weight is 346 g/mol. The number of amides is 1. The Morgan fingerprint density at radius 1 is 1.53 bits per heavy atom. The molecule has 0 spiro atoms. The molecule has 1 atom stereocenters. The molecule has 1 amide bonds. The van der Waals surface area contributed by atoms with E-state index in [0.29, 0.717) is 25.9 Å². The Kier molecular flexibility index (Phi) is 4.30. The SMILES string of the molecule is CC1(C(=O)O)CCCN(C(=O)Cc2ccc(Br)s2)C1. The highest BCUT2D eigenvalue weighted by molar-refractivity contribution is 9.11. The summed E-state index contributed by atoms with van der Waals surface area (Å²) in [5.74, 6) is -0.801. The van der Waals surface area contributed by atoms with Crippen molar-refractivity contribution in [3.05, 3.63) is 20.8 Å². The smallest absolute Gasteiger partial charge is 0.311 e. The van der Waals surface area contributed by atoms with Gasteiger partial charge in [0.1, 0.15) is 0 Å². The summed E-state index contributed by atoms with van der Waals surface area (Å²) >= 11 is 4.91. The van der Waals surface area contributed by atoms with Gasteiger partial charge in [0.05, 0.1) is 15.6 Å². The summed E-state index contributed by atoms with van der Waals surface area (Å²) < 4.78 is 1.00. The summed E-state index contributed by atoms with van der Waals surface area (Å²) in [6.07, 6.45) is 1.74. The second-order valence-electron chi connectivity index (χ2n) is 5.17. The number of carboxylic acids is 1. The van der Waals surface area contributed by atoms with Crippen LogP contribution < -0.4 is 0 Å². The van der Waals surface area contributed by atoms with Crippen molar-refractivity contribution in [2.75, 3.05) is 13.1 Å². The number of carbonyl (C=O) groups is 2. The first kappa shape index (κ1) is 14.5. The summed E-state index contributed by atoms with van der Waals surface area (Å²) in [7, 11) is 0. The minimum Gasteiger partial charge on any atom is -0.481 e. The zero-order chi connectivity index (χ0) is 14.0. The Morgan fingerprint density at radius 3 is 2.84 bits per heavy atom. The molecular weight excluding hydrogens is 330 g/mol. The van der Waals surface area contributed by atoms with E-state index in [2.05, 4.69) is 15.9 Å². The van der Waals surface area contributed by atoms with Crippen LogP contribution in [-0.4, -0.2) is 35.0 Å². The summed E-state index contributed by atoms with van der Waals surface area (Å²) in [4.78, 5) is 26.2. The first-order chi connectivity index (χ1) is 8.90. The number of nitrogens with zero attached hydrogens (tertiary/aromatic N) is 1. The second kappa shape index (κ2) is 5.63. The van der Waals surface area contributed by atoms with Gasteiger partial charge < -0.3 is 10.0 Å². The highest BCUT2D eigenvalue weighted by Gasteiger charge is 2.39. The lowest BCUT2D eigenvalue weighted by atomic mass is 9.82. The molecule has 0 saturated carbocycles. The normalized spacial score (nSPS) is 23.4. The molecule has 1 aromatic rings. The van der Waals surface area contributed by atoms with Crippen LogP contribution in [0.5, 0.6) is 0 Å². The monoisotopic (exact) mass is 345 g/mol. The molecule has 4 nitrogen and oxygen atoms in total. The molecule has 1 fully saturated rings. The van der Waals surface area contributed by atoms with Crippen LogP contribution in [0.3, 0.4) is 0 Å². The van der Waals surface area contributed by atoms with Gasteiger partial charge in [0.25, 0.3) is 0 Å². The van der Waals surface area contributed by atoms with Gasteiger partial charge in [-0.3, -0.25) is 9.59 Å². The average Bonchev–Trinajstić information content (AvgIpc) is 2.74. The molecule has 6 heteroatoms. The van der Waals surface area contributed by atoms with Crippen molar-refractivity contribution in [1.29, 1.82) is 0 Å². The van der Waals surface area contributed by atoms with Crippen LogP contribution in [0.25, 0.3) is 0 Å². The molecule has 1 saturated heterocycles. The van der Waals surface area contributed by atoms with E-state index in [4.69, 9.17) is 0 Å². The third-order valence-corrected chi connectivity index (χ3v) is 5.14. The zero-order valence-electron chi connectivity index (χ0n) is 10.7. The fraction of sp³-hybridized carbons (Fsp3) is 0.538. The lowest BCUT2D eigenvalue weighted by molar-refractivity contribution is -0.153. The Bertz CT molecular complexity index is 502. The van der Waals surface area contributed by atoms with Gasteiger partial charge >= 0.3 is 5.97 Å². The lowest BCUT2D eigenvalue weighted by Gasteiger charge is -2.37. The predicted octanol–water partition coefficient (Wildman–Crippen LogP) is 2.77. The molecule has 1 unspecified atom stereocenters. The van der Waals surface area contributed by atoms with Gasteiger partial charge in [0, 0.05) is 18.0 Å². The maximum absolute atomic E-state index is 12.2. The van der Waals surface area contributed by atoms with Gasteiger partial charge in [-0.25, -0.2) is 0 Å². The number of hydrogen-bond acceptors (Lipinski definition) is 3. The standard InChI is InChI=1S/C13H16BrNO3S/c1-13(12(17)18)5-2-6-15(8-13)11(16)7-9-3-4-10(14)19-9/h3-4H,2,5-8H2,1H3,(H,17,18). The molecule has 0 bridgehead atoms. The van der Waals surface area contributed by atoms with Crippen LogP contribution in [0.15, 0.2) is 15.9 Å². The quantitative estimate of drug-likeness (QED) is 0.916. The Balaban J connectivity index is 2.01. The minimum atomic E-state index is -0.816. The van der Waals surface area contributed by atoms with E-state index in [1.54, 1.807) is 11.8 Å². The highest BCUT2D eigenvalue weighted by atomic mass is 79.9. The number of halogens is 1. The van der Waals surface area contributed by atoms with Gasteiger partial charge in [-0.05, 0) is 47.8 Å². The first-order valence-electron chi connectivity index (χ1n) is 6.16. The van der Waals surface area contributed by atoms with Crippen molar-refractivity contribution in [1.82, 2.24) is 4.90 Å². The van der Waals surface area contributed by atoms with Crippen molar-refractivity contribution in [3.63, 3.8) is 0 Å².